The Morgan fingerprint density at radius 3 is 2.44 bits per heavy atom. The molecule has 0 aliphatic heterocycles. The van der Waals surface area contributed by atoms with Crippen molar-refractivity contribution in [3.63, 3.8) is 0 Å². The van der Waals surface area contributed by atoms with E-state index in [1.165, 1.54) is 13.2 Å². The smallest absolute Gasteiger partial charge is 0.344 e. The molecule has 0 fully saturated rings. The molecule has 32 heavy (non-hydrogen) atoms. The average molecular weight is 503 g/mol. The van der Waals surface area contributed by atoms with Crippen molar-refractivity contribution in [1.82, 2.24) is 5.32 Å². The molecule has 0 atom stereocenters. The van der Waals surface area contributed by atoms with Crippen molar-refractivity contribution in [3.05, 3.63) is 57.6 Å². The van der Waals surface area contributed by atoms with Crippen LogP contribution >= 0.6 is 15.9 Å². The predicted molar refractivity (Wildman–Crippen MR) is 121 cm³/mol. The van der Waals surface area contributed by atoms with Gasteiger partial charge in [0, 0.05) is 11.0 Å². The summed E-state index contributed by atoms with van der Waals surface area (Å²) >= 11 is 3.40. The Kier molecular flexibility index (Phi) is 9.57. The van der Waals surface area contributed by atoms with Crippen LogP contribution in [-0.4, -0.2) is 39.3 Å². The van der Waals surface area contributed by atoms with E-state index in [2.05, 4.69) is 21.2 Å². The molecule has 0 aliphatic carbocycles. The number of nitriles is 1. The minimum absolute atomic E-state index is 0.0820. The van der Waals surface area contributed by atoms with Crippen LogP contribution in [0.2, 0.25) is 0 Å². The van der Waals surface area contributed by atoms with E-state index < -0.39 is 11.9 Å². The second-order valence-corrected chi connectivity index (χ2v) is 7.17. The SMILES string of the molecule is CCOC(=O)COc1cc(Br)c(/C=C(/C#N)C(=O)NCc2ccc(OC)cc2)cc1OC. The van der Waals surface area contributed by atoms with E-state index in [9.17, 15) is 14.9 Å². The highest BCUT2D eigenvalue weighted by molar-refractivity contribution is 9.10. The quantitative estimate of drug-likeness (QED) is 0.300. The van der Waals surface area contributed by atoms with E-state index in [0.717, 1.165) is 5.56 Å². The van der Waals surface area contributed by atoms with Gasteiger partial charge in [0.05, 0.1) is 20.8 Å². The zero-order valence-corrected chi connectivity index (χ0v) is 19.5. The van der Waals surface area contributed by atoms with E-state index in [0.29, 0.717) is 27.3 Å². The number of nitrogens with one attached hydrogen (secondary N) is 1. The topological polar surface area (TPSA) is 107 Å². The van der Waals surface area contributed by atoms with Crippen LogP contribution in [0.3, 0.4) is 0 Å². The molecule has 1 N–H and O–H groups in total. The molecule has 0 aromatic heterocycles. The molecule has 0 unspecified atom stereocenters. The fraction of sp³-hybridized carbons (Fsp3) is 0.261. The van der Waals surface area contributed by atoms with E-state index in [-0.39, 0.29) is 25.3 Å². The van der Waals surface area contributed by atoms with Gasteiger partial charge < -0.3 is 24.3 Å². The van der Waals surface area contributed by atoms with E-state index >= 15 is 0 Å². The number of ether oxygens (including phenoxy) is 4. The first kappa shape index (κ1) is 24.8. The van der Waals surface area contributed by atoms with Gasteiger partial charge in [0.25, 0.3) is 5.91 Å². The molecular weight excluding hydrogens is 480 g/mol. The third-order valence-corrected chi connectivity index (χ3v) is 4.90. The van der Waals surface area contributed by atoms with Gasteiger partial charge >= 0.3 is 5.97 Å². The van der Waals surface area contributed by atoms with Crippen molar-refractivity contribution in [2.45, 2.75) is 13.5 Å². The molecule has 0 heterocycles. The van der Waals surface area contributed by atoms with Crippen LogP contribution in [0.4, 0.5) is 0 Å². The fourth-order valence-electron chi connectivity index (χ4n) is 2.60. The molecule has 0 spiro atoms. The molecule has 9 heteroatoms. The van der Waals surface area contributed by atoms with Crippen LogP contribution in [0.5, 0.6) is 17.2 Å². The standard InChI is InChI=1S/C23H23BrN2O6/c1-4-31-22(27)14-32-21-11-19(24)16(10-20(21)30-3)9-17(12-25)23(28)26-13-15-5-7-18(29-2)8-6-15/h5-11H,4,13-14H2,1-3H3,(H,26,28)/b17-9-. The number of carbonyl (C=O) groups excluding carboxylic acids is 2. The number of carbonyl (C=O) groups is 2. The number of methoxy groups -OCH3 is 2. The molecule has 2 aromatic carbocycles. The first-order valence-electron chi connectivity index (χ1n) is 9.60. The molecular formula is C23H23BrN2O6. The number of hydrogen-bond acceptors (Lipinski definition) is 7. The summed E-state index contributed by atoms with van der Waals surface area (Å²) in [5.41, 5.74) is 1.31. The zero-order chi connectivity index (χ0) is 23.5. The molecule has 168 valence electrons. The minimum Gasteiger partial charge on any atom is -0.497 e. The normalized spacial score (nSPS) is 10.7. The Bertz CT molecular complexity index is 1030. The number of hydrogen-bond donors (Lipinski definition) is 1. The molecule has 2 aromatic rings. The highest BCUT2D eigenvalue weighted by Crippen LogP contribution is 2.34. The summed E-state index contributed by atoms with van der Waals surface area (Å²) in [5.74, 6) is 0.338. The van der Waals surface area contributed by atoms with Crippen LogP contribution in [0.1, 0.15) is 18.1 Å². The zero-order valence-electron chi connectivity index (χ0n) is 17.9. The van der Waals surface area contributed by atoms with Crippen molar-refractivity contribution in [2.75, 3.05) is 27.4 Å². The van der Waals surface area contributed by atoms with Crippen LogP contribution in [-0.2, 0) is 20.9 Å². The molecule has 8 nitrogen and oxygen atoms in total. The number of rotatable bonds is 10. The lowest BCUT2D eigenvalue weighted by atomic mass is 10.1. The number of benzene rings is 2. The van der Waals surface area contributed by atoms with E-state index in [1.807, 2.05) is 18.2 Å². The summed E-state index contributed by atoms with van der Waals surface area (Å²) in [6, 6.07) is 12.3. The molecule has 0 bridgehead atoms. The fourth-order valence-corrected chi connectivity index (χ4v) is 3.04. The molecule has 0 radical (unpaired) electrons. The molecule has 0 saturated heterocycles. The van der Waals surface area contributed by atoms with Crippen molar-refractivity contribution in [1.29, 1.82) is 5.26 Å². The largest absolute Gasteiger partial charge is 0.497 e. The minimum atomic E-state index is -0.517. The van der Waals surface area contributed by atoms with Crippen molar-refractivity contribution in [3.8, 4) is 23.3 Å². The maximum Gasteiger partial charge on any atom is 0.344 e. The summed E-state index contributed by atoms with van der Waals surface area (Å²) in [6.07, 6.45) is 1.44. The van der Waals surface area contributed by atoms with Crippen molar-refractivity contribution >= 4 is 33.9 Å². The van der Waals surface area contributed by atoms with Gasteiger partial charge in [0.15, 0.2) is 18.1 Å². The van der Waals surface area contributed by atoms with Crippen LogP contribution in [0.15, 0.2) is 46.4 Å². The Balaban J connectivity index is 2.15. The lowest BCUT2D eigenvalue weighted by Crippen LogP contribution is -2.23. The molecule has 1 amide bonds. The van der Waals surface area contributed by atoms with Crippen molar-refractivity contribution in [2.24, 2.45) is 0 Å². The van der Waals surface area contributed by atoms with Gasteiger partial charge in [0.1, 0.15) is 17.4 Å². The van der Waals surface area contributed by atoms with Gasteiger partial charge in [-0.25, -0.2) is 4.79 Å². The number of esters is 1. The molecule has 2 rings (SSSR count). The Morgan fingerprint density at radius 1 is 1.12 bits per heavy atom. The number of amides is 1. The average Bonchev–Trinajstić information content (AvgIpc) is 2.81. The number of nitrogens with zero attached hydrogens (tertiary/aromatic N) is 1. The van der Waals surface area contributed by atoms with Gasteiger partial charge in [-0.1, -0.05) is 28.1 Å². The van der Waals surface area contributed by atoms with Gasteiger partial charge in [-0.3, -0.25) is 4.79 Å². The predicted octanol–water partition coefficient (Wildman–Crippen LogP) is 3.63. The second kappa shape index (κ2) is 12.4. The van der Waals surface area contributed by atoms with Gasteiger partial charge in [-0.05, 0) is 48.4 Å². The molecule has 0 saturated carbocycles. The first-order chi connectivity index (χ1) is 15.4. The van der Waals surface area contributed by atoms with Gasteiger partial charge in [0.2, 0.25) is 0 Å². The lowest BCUT2D eigenvalue weighted by Gasteiger charge is -2.12. The van der Waals surface area contributed by atoms with Gasteiger partial charge in [-0.2, -0.15) is 5.26 Å². The van der Waals surface area contributed by atoms with Crippen LogP contribution in [0.25, 0.3) is 6.08 Å². The maximum absolute atomic E-state index is 12.5. The first-order valence-corrected chi connectivity index (χ1v) is 10.4. The summed E-state index contributed by atoms with van der Waals surface area (Å²) in [7, 11) is 3.02. The Labute approximate surface area is 194 Å². The van der Waals surface area contributed by atoms with Crippen LogP contribution in [0, 0.1) is 11.3 Å². The summed E-state index contributed by atoms with van der Waals surface area (Å²) in [6.45, 7) is 1.94. The van der Waals surface area contributed by atoms with E-state index in [4.69, 9.17) is 18.9 Å². The van der Waals surface area contributed by atoms with E-state index in [1.54, 1.807) is 38.3 Å². The van der Waals surface area contributed by atoms with Crippen LogP contribution < -0.4 is 19.5 Å². The lowest BCUT2D eigenvalue weighted by molar-refractivity contribution is -0.145. The molecule has 0 aliphatic rings. The highest BCUT2D eigenvalue weighted by Gasteiger charge is 2.14. The summed E-state index contributed by atoms with van der Waals surface area (Å²) in [5, 5.41) is 12.2. The third kappa shape index (κ3) is 7.03. The Hall–Kier alpha value is -3.51. The third-order valence-electron chi connectivity index (χ3n) is 4.21. The Morgan fingerprint density at radius 2 is 1.84 bits per heavy atom. The highest BCUT2D eigenvalue weighted by atomic mass is 79.9. The summed E-state index contributed by atoms with van der Waals surface area (Å²) in [4.78, 5) is 24.0. The van der Waals surface area contributed by atoms with Crippen molar-refractivity contribution < 1.29 is 28.5 Å². The monoisotopic (exact) mass is 502 g/mol. The number of halogens is 1. The second-order valence-electron chi connectivity index (χ2n) is 6.32. The van der Waals surface area contributed by atoms with Gasteiger partial charge in [-0.15, -0.1) is 0 Å². The summed E-state index contributed by atoms with van der Waals surface area (Å²) < 4.78 is 21.3. The maximum atomic E-state index is 12.5.